The molecular weight excluding hydrogens is 186 g/mol. The van der Waals surface area contributed by atoms with Crippen LogP contribution in [0.25, 0.3) is 0 Å². The second kappa shape index (κ2) is 4.96. The largest absolute Gasteiger partial charge is 0.314 e. The summed E-state index contributed by atoms with van der Waals surface area (Å²) in [6.45, 7) is 1.10. The lowest BCUT2D eigenvalue weighted by atomic mass is 10.0. The fraction of sp³-hybridized carbons (Fsp3) is 1.00. The van der Waals surface area contributed by atoms with Crippen LogP contribution in [0.3, 0.4) is 0 Å². The van der Waals surface area contributed by atoms with Crippen LogP contribution in [0.5, 0.6) is 0 Å². The van der Waals surface area contributed by atoms with Gasteiger partial charge in [-0.1, -0.05) is 6.42 Å². The molecule has 78 valence electrons. The summed E-state index contributed by atoms with van der Waals surface area (Å²) in [5.41, 5.74) is 0. The Morgan fingerprint density at radius 2 is 2.15 bits per heavy atom. The van der Waals surface area contributed by atoms with Crippen LogP contribution in [-0.2, 0) is 9.84 Å². The Hall–Kier alpha value is -0.0900. The molecular formula is C9H19NO2S. The molecule has 1 N–H and O–H groups in total. The van der Waals surface area contributed by atoms with Gasteiger partial charge >= 0.3 is 0 Å². The van der Waals surface area contributed by atoms with Gasteiger partial charge in [0.15, 0.2) is 0 Å². The summed E-state index contributed by atoms with van der Waals surface area (Å²) in [6.07, 6.45) is 6.88. The third-order valence-corrected chi connectivity index (χ3v) is 3.51. The van der Waals surface area contributed by atoms with E-state index in [1.54, 1.807) is 0 Å². The normalized spacial score (nSPS) is 24.5. The average molecular weight is 205 g/mol. The van der Waals surface area contributed by atoms with E-state index in [1.807, 2.05) is 0 Å². The number of sulfone groups is 1. The second-order valence-corrected chi connectivity index (χ2v) is 6.18. The van der Waals surface area contributed by atoms with E-state index in [4.69, 9.17) is 0 Å². The van der Waals surface area contributed by atoms with E-state index in [1.165, 1.54) is 25.5 Å². The molecule has 1 fully saturated rings. The van der Waals surface area contributed by atoms with Crippen molar-refractivity contribution in [2.75, 3.05) is 18.6 Å². The zero-order valence-electron chi connectivity index (χ0n) is 8.25. The van der Waals surface area contributed by atoms with Crippen molar-refractivity contribution in [3.8, 4) is 0 Å². The van der Waals surface area contributed by atoms with E-state index < -0.39 is 9.84 Å². The van der Waals surface area contributed by atoms with Crippen LogP contribution >= 0.6 is 0 Å². The van der Waals surface area contributed by atoms with Crippen molar-refractivity contribution in [2.45, 2.75) is 38.1 Å². The number of hydrogen-bond donors (Lipinski definition) is 1. The molecule has 0 radical (unpaired) electrons. The maximum atomic E-state index is 10.9. The minimum Gasteiger partial charge on any atom is -0.314 e. The van der Waals surface area contributed by atoms with Crippen molar-refractivity contribution in [1.82, 2.24) is 5.32 Å². The van der Waals surface area contributed by atoms with Gasteiger partial charge in [0.1, 0.15) is 9.84 Å². The Morgan fingerprint density at radius 1 is 1.38 bits per heavy atom. The standard InChI is InChI=1S/C9H19NO2S/c1-13(11,12)8-4-6-9-5-2-3-7-10-9/h9-10H,2-8H2,1H3. The van der Waals surface area contributed by atoms with Gasteiger partial charge in [0.25, 0.3) is 0 Å². The lowest BCUT2D eigenvalue weighted by Crippen LogP contribution is -2.34. The fourth-order valence-electron chi connectivity index (χ4n) is 1.76. The van der Waals surface area contributed by atoms with Crippen molar-refractivity contribution in [1.29, 1.82) is 0 Å². The van der Waals surface area contributed by atoms with Crippen molar-refractivity contribution in [3.63, 3.8) is 0 Å². The average Bonchev–Trinajstić information content (AvgIpc) is 2.04. The van der Waals surface area contributed by atoms with Gasteiger partial charge in [0, 0.05) is 18.1 Å². The van der Waals surface area contributed by atoms with E-state index in [0.29, 0.717) is 11.8 Å². The molecule has 1 rings (SSSR count). The summed E-state index contributed by atoms with van der Waals surface area (Å²) >= 11 is 0. The molecule has 13 heavy (non-hydrogen) atoms. The highest BCUT2D eigenvalue weighted by atomic mass is 32.2. The zero-order valence-corrected chi connectivity index (χ0v) is 9.07. The maximum absolute atomic E-state index is 10.9. The van der Waals surface area contributed by atoms with Crippen LogP contribution in [0.1, 0.15) is 32.1 Å². The van der Waals surface area contributed by atoms with E-state index in [2.05, 4.69) is 5.32 Å². The second-order valence-electron chi connectivity index (χ2n) is 3.92. The van der Waals surface area contributed by atoms with E-state index in [9.17, 15) is 8.42 Å². The molecule has 1 unspecified atom stereocenters. The molecule has 1 aliphatic rings. The summed E-state index contributed by atoms with van der Waals surface area (Å²) in [7, 11) is -2.75. The van der Waals surface area contributed by atoms with Gasteiger partial charge < -0.3 is 5.32 Å². The third-order valence-electron chi connectivity index (χ3n) is 2.48. The summed E-state index contributed by atoms with van der Waals surface area (Å²) in [6, 6.07) is 0.565. The molecule has 1 heterocycles. The number of hydrogen-bond acceptors (Lipinski definition) is 3. The Kier molecular flexibility index (Phi) is 4.19. The fourth-order valence-corrected chi connectivity index (χ4v) is 2.45. The molecule has 0 saturated carbocycles. The quantitative estimate of drug-likeness (QED) is 0.743. The molecule has 4 heteroatoms. The number of piperidine rings is 1. The predicted octanol–water partition coefficient (Wildman–Crippen LogP) is 0.953. The SMILES string of the molecule is CS(=O)(=O)CCCC1CCCCN1. The highest BCUT2D eigenvalue weighted by Crippen LogP contribution is 2.11. The lowest BCUT2D eigenvalue weighted by molar-refractivity contribution is 0.380. The molecule has 1 aliphatic heterocycles. The first-order chi connectivity index (χ1) is 6.08. The smallest absolute Gasteiger partial charge is 0.147 e. The van der Waals surface area contributed by atoms with Gasteiger partial charge in [-0.25, -0.2) is 8.42 Å². The van der Waals surface area contributed by atoms with Gasteiger partial charge in [0.05, 0.1) is 0 Å². The van der Waals surface area contributed by atoms with Crippen molar-refractivity contribution < 1.29 is 8.42 Å². The Morgan fingerprint density at radius 3 is 2.69 bits per heavy atom. The molecule has 1 saturated heterocycles. The van der Waals surface area contributed by atoms with Gasteiger partial charge in [0.2, 0.25) is 0 Å². The number of rotatable bonds is 4. The third kappa shape index (κ3) is 5.26. The molecule has 0 aromatic heterocycles. The zero-order chi connectivity index (χ0) is 9.73. The summed E-state index contributed by atoms with van der Waals surface area (Å²) in [5.74, 6) is 0.338. The minimum absolute atomic E-state index is 0.338. The molecule has 0 amide bonds. The van der Waals surface area contributed by atoms with Gasteiger partial charge in [-0.2, -0.15) is 0 Å². The molecule has 0 spiro atoms. The topological polar surface area (TPSA) is 46.2 Å². The first-order valence-corrected chi connectivity index (χ1v) is 7.05. The van der Waals surface area contributed by atoms with E-state index >= 15 is 0 Å². The van der Waals surface area contributed by atoms with Crippen LogP contribution in [0.15, 0.2) is 0 Å². The van der Waals surface area contributed by atoms with Crippen LogP contribution in [-0.4, -0.2) is 33.0 Å². The first kappa shape index (κ1) is 11.0. The number of nitrogens with one attached hydrogen (secondary N) is 1. The van der Waals surface area contributed by atoms with Gasteiger partial charge in [-0.15, -0.1) is 0 Å². The van der Waals surface area contributed by atoms with Gasteiger partial charge in [-0.05, 0) is 32.2 Å². The van der Waals surface area contributed by atoms with Crippen molar-refractivity contribution in [2.24, 2.45) is 0 Å². The van der Waals surface area contributed by atoms with Crippen LogP contribution in [0.2, 0.25) is 0 Å². The lowest BCUT2D eigenvalue weighted by Gasteiger charge is -2.23. The predicted molar refractivity (Wildman–Crippen MR) is 54.6 cm³/mol. The molecule has 0 aromatic rings. The molecule has 3 nitrogen and oxygen atoms in total. The van der Waals surface area contributed by atoms with Crippen molar-refractivity contribution in [3.05, 3.63) is 0 Å². The highest BCUT2D eigenvalue weighted by molar-refractivity contribution is 7.90. The molecule has 0 bridgehead atoms. The van der Waals surface area contributed by atoms with E-state index in [-0.39, 0.29) is 0 Å². The van der Waals surface area contributed by atoms with Crippen molar-refractivity contribution >= 4 is 9.84 Å². The Labute approximate surface area is 80.8 Å². The van der Waals surface area contributed by atoms with Crippen LogP contribution in [0.4, 0.5) is 0 Å². The van der Waals surface area contributed by atoms with Crippen LogP contribution < -0.4 is 5.32 Å². The maximum Gasteiger partial charge on any atom is 0.147 e. The summed E-state index contributed by atoms with van der Waals surface area (Å²) < 4.78 is 21.7. The Balaban J connectivity index is 2.11. The molecule has 1 atom stereocenters. The summed E-state index contributed by atoms with van der Waals surface area (Å²) in [4.78, 5) is 0. The highest BCUT2D eigenvalue weighted by Gasteiger charge is 2.12. The molecule has 0 aromatic carbocycles. The molecule has 0 aliphatic carbocycles. The van der Waals surface area contributed by atoms with Gasteiger partial charge in [-0.3, -0.25) is 0 Å². The monoisotopic (exact) mass is 205 g/mol. The Bertz CT molecular complexity index is 230. The first-order valence-electron chi connectivity index (χ1n) is 4.99. The summed E-state index contributed by atoms with van der Waals surface area (Å²) in [5, 5.41) is 3.41. The van der Waals surface area contributed by atoms with E-state index in [0.717, 1.165) is 19.4 Å². The van der Waals surface area contributed by atoms with Crippen LogP contribution in [0, 0.1) is 0 Å². The minimum atomic E-state index is -2.75.